The molecule has 0 unspecified atom stereocenters. The van der Waals surface area contributed by atoms with Gasteiger partial charge in [0, 0.05) is 78.6 Å². The molecule has 0 fully saturated rings. The van der Waals surface area contributed by atoms with Crippen molar-refractivity contribution in [3.63, 3.8) is 0 Å². The van der Waals surface area contributed by atoms with Gasteiger partial charge in [-0.15, -0.1) is 0 Å². The first kappa shape index (κ1) is 68.2. The van der Waals surface area contributed by atoms with Crippen LogP contribution in [0, 0.1) is 70.0 Å². The van der Waals surface area contributed by atoms with Crippen molar-refractivity contribution in [2.75, 3.05) is 9.80 Å². The smallest absolute Gasteiger partial charge is 0.0991 e. The minimum atomic E-state index is 0.317. The fourth-order valence-electron chi connectivity index (χ4n) is 14.8. The van der Waals surface area contributed by atoms with Crippen molar-refractivity contribution in [3.05, 3.63) is 369 Å². The molecule has 0 atom stereocenters. The Hall–Kier alpha value is -13.6. The molecule has 0 saturated heterocycles. The van der Waals surface area contributed by atoms with Crippen LogP contribution in [0.15, 0.2) is 291 Å². The van der Waals surface area contributed by atoms with E-state index in [1.807, 2.05) is 48.5 Å². The number of benzene rings is 16. The normalized spacial score (nSPS) is 11.0. The first-order valence-electron chi connectivity index (χ1n) is 36.4. The molecule has 0 heterocycles. The number of nitrogens with zero attached hydrogens (tertiary/aromatic N) is 4. The molecule has 0 amide bonds. The average molecular weight is 1360 g/mol. The Kier molecular flexibility index (Phi) is 19.2. The first-order valence-corrected chi connectivity index (χ1v) is 36.4. The lowest BCUT2D eigenvalue weighted by Crippen LogP contribution is -2.09. The molecule has 4 heteroatoms. The van der Waals surface area contributed by atoms with Gasteiger partial charge >= 0.3 is 0 Å². The summed E-state index contributed by atoms with van der Waals surface area (Å²) in [7, 11) is 0. The van der Waals surface area contributed by atoms with Crippen molar-refractivity contribution in [1.29, 1.82) is 10.5 Å². The molecule has 16 rings (SSSR count). The van der Waals surface area contributed by atoms with Crippen LogP contribution in [0.1, 0.15) is 157 Å². The highest BCUT2D eigenvalue weighted by molar-refractivity contribution is 6.27. The van der Waals surface area contributed by atoms with Crippen LogP contribution >= 0.6 is 0 Å². The number of para-hydroxylation sites is 4. The van der Waals surface area contributed by atoms with Crippen LogP contribution in [0.5, 0.6) is 0 Å². The third-order valence-corrected chi connectivity index (χ3v) is 20.1. The predicted molar refractivity (Wildman–Crippen MR) is 445 cm³/mol. The van der Waals surface area contributed by atoms with E-state index in [2.05, 4.69) is 367 Å². The number of anilines is 6. The second kappa shape index (κ2) is 29.8. The van der Waals surface area contributed by atoms with Crippen molar-refractivity contribution in [2.24, 2.45) is 0 Å². The Morgan fingerprint density at radius 2 is 0.396 bits per heavy atom. The van der Waals surface area contributed by atoms with Gasteiger partial charge in [0.25, 0.3) is 0 Å². The van der Waals surface area contributed by atoms with Gasteiger partial charge < -0.3 is 9.80 Å². The topological polar surface area (TPSA) is 54.1 Å². The van der Waals surface area contributed by atoms with Gasteiger partial charge in [-0.2, -0.15) is 10.5 Å². The van der Waals surface area contributed by atoms with Crippen LogP contribution in [-0.2, 0) is 0 Å². The van der Waals surface area contributed by atoms with Crippen molar-refractivity contribution < 1.29 is 0 Å². The third-order valence-electron chi connectivity index (χ3n) is 20.1. The zero-order valence-electron chi connectivity index (χ0n) is 60.8. The minimum Gasteiger partial charge on any atom is -0.311 e. The zero-order valence-corrected chi connectivity index (χ0v) is 60.8. The molecular formula is C102H76N4. The molecule has 0 saturated carbocycles. The Labute approximate surface area is 622 Å². The van der Waals surface area contributed by atoms with E-state index in [0.29, 0.717) is 34.8 Å². The Morgan fingerprint density at radius 1 is 0.208 bits per heavy atom. The first-order chi connectivity index (χ1) is 51.8. The van der Waals surface area contributed by atoms with Crippen molar-refractivity contribution in [3.8, 4) is 59.5 Å². The Balaban J connectivity index is 0.000000185. The molecule has 0 aliphatic rings. The quantitative estimate of drug-likeness (QED) is 0.101. The van der Waals surface area contributed by atoms with E-state index in [-0.39, 0.29) is 0 Å². The Morgan fingerprint density at radius 3 is 0.604 bits per heavy atom. The summed E-state index contributed by atoms with van der Waals surface area (Å²) in [6.45, 7) is 18.1. The maximum atomic E-state index is 9.15. The van der Waals surface area contributed by atoms with E-state index in [1.165, 1.54) is 76.1 Å². The van der Waals surface area contributed by atoms with Crippen molar-refractivity contribution >= 4 is 98.8 Å². The van der Waals surface area contributed by atoms with Gasteiger partial charge in [-0.3, -0.25) is 0 Å². The molecule has 0 bridgehead atoms. The molecule has 0 aromatic heterocycles. The monoisotopic (exact) mass is 1360 g/mol. The summed E-state index contributed by atoms with van der Waals surface area (Å²) in [6.07, 6.45) is 0. The second-order valence-corrected chi connectivity index (χ2v) is 28.3. The maximum Gasteiger partial charge on any atom is 0.0991 e. The molecule has 16 aromatic rings. The van der Waals surface area contributed by atoms with E-state index in [9.17, 15) is 0 Å². The molecule has 0 N–H and O–H groups in total. The SMILES string of the molecule is CC(C)c1cc(C#Cc2ccc(C#N)cc2)c2ccc3c(C(C)C)cc(C#Cc4ccc(C#N)cc4)c4ccc1c2c43.CC(C)c1cc(C#Cc2ccc(N(c3ccccc3)c3ccccc3)cc2)c2ccc3c(C(C)C)cc(C#Cc4ccc(N(c5ccccc5)c5ccccc5)cc4)c4ccc1c2c43. The van der Waals surface area contributed by atoms with E-state index in [0.717, 1.165) is 89.4 Å². The van der Waals surface area contributed by atoms with Gasteiger partial charge in [0.15, 0.2) is 0 Å². The van der Waals surface area contributed by atoms with Crippen LogP contribution < -0.4 is 9.80 Å². The number of nitriles is 2. The van der Waals surface area contributed by atoms with Crippen LogP contribution in [0.4, 0.5) is 34.1 Å². The maximum absolute atomic E-state index is 9.15. The van der Waals surface area contributed by atoms with Crippen molar-refractivity contribution in [2.45, 2.75) is 79.1 Å². The highest BCUT2D eigenvalue weighted by Crippen LogP contribution is 2.46. The lowest BCUT2D eigenvalue weighted by molar-refractivity contribution is 0.875. The fraction of sp³-hybridized carbons (Fsp3) is 0.118. The summed E-state index contributed by atoms with van der Waals surface area (Å²) in [5, 5.41) is 33.1. The summed E-state index contributed by atoms with van der Waals surface area (Å²) in [4.78, 5) is 4.55. The molecule has 0 radical (unpaired) electrons. The van der Waals surface area contributed by atoms with Gasteiger partial charge in [-0.05, 0) is 280 Å². The average Bonchev–Trinajstić information content (AvgIpc) is 0.722. The fourth-order valence-corrected chi connectivity index (χ4v) is 14.8. The highest BCUT2D eigenvalue weighted by atomic mass is 15.1. The molecule has 0 aliphatic carbocycles. The third kappa shape index (κ3) is 13.6. The largest absolute Gasteiger partial charge is 0.311 e. The molecule has 0 spiro atoms. The van der Waals surface area contributed by atoms with Crippen LogP contribution in [0.25, 0.3) is 64.6 Å². The van der Waals surface area contributed by atoms with Gasteiger partial charge in [-0.1, -0.05) is 224 Å². The molecular weight excluding hydrogens is 1280 g/mol. The summed E-state index contributed by atoms with van der Waals surface area (Å²) in [6, 6.07) is 106. The lowest BCUT2D eigenvalue weighted by atomic mass is 9.83. The summed E-state index contributed by atoms with van der Waals surface area (Å²) in [5.41, 5.74) is 20.9. The van der Waals surface area contributed by atoms with Gasteiger partial charge in [0.05, 0.1) is 23.3 Å². The summed E-state index contributed by atoms with van der Waals surface area (Å²) in [5.74, 6) is 29.3. The Bertz CT molecular complexity index is 5840. The molecule has 4 nitrogen and oxygen atoms in total. The minimum absolute atomic E-state index is 0.317. The highest BCUT2D eigenvalue weighted by Gasteiger charge is 2.23. The summed E-state index contributed by atoms with van der Waals surface area (Å²) < 4.78 is 0. The van der Waals surface area contributed by atoms with Crippen LogP contribution in [0.2, 0.25) is 0 Å². The van der Waals surface area contributed by atoms with E-state index in [1.54, 1.807) is 0 Å². The van der Waals surface area contributed by atoms with E-state index < -0.39 is 0 Å². The summed E-state index contributed by atoms with van der Waals surface area (Å²) >= 11 is 0. The molecule has 0 aliphatic heterocycles. The molecule has 106 heavy (non-hydrogen) atoms. The van der Waals surface area contributed by atoms with Crippen LogP contribution in [-0.4, -0.2) is 0 Å². The molecule has 504 valence electrons. The number of hydrogen-bond acceptors (Lipinski definition) is 4. The van der Waals surface area contributed by atoms with Gasteiger partial charge in [0.2, 0.25) is 0 Å². The van der Waals surface area contributed by atoms with Crippen LogP contribution in [0.3, 0.4) is 0 Å². The number of hydrogen-bond donors (Lipinski definition) is 0. The van der Waals surface area contributed by atoms with Gasteiger partial charge in [-0.25, -0.2) is 0 Å². The zero-order chi connectivity index (χ0) is 73.0. The second-order valence-electron chi connectivity index (χ2n) is 28.3. The van der Waals surface area contributed by atoms with Gasteiger partial charge in [0.1, 0.15) is 0 Å². The van der Waals surface area contributed by atoms with Crippen molar-refractivity contribution in [1.82, 2.24) is 0 Å². The predicted octanol–water partition coefficient (Wildman–Crippen LogP) is 25.9. The molecule has 16 aromatic carbocycles. The van der Waals surface area contributed by atoms with E-state index in [4.69, 9.17) is 10.5 Å². The van der Waals surface area contributed by atoms with E-state index >= 15 is 0 Å². The lowest BCUT2D eigenvalue weighted by Gasteiger charge is -2.25. The standard InChI is InChI=1S/C62H48N2.C40H28N2/c1-43(2)59-41-47(31-25-45-27-33-53(34-28-45)63(49-17-9-5-10-18-49)50-19-11-6-12-20-50)55-38-40-58-60(44(3)4)42-48(56-37-39-57(59)61(55)62(56)58)32-26-46-29-35-54(36-30-46)64(51-21-13-7-14-22-51)52-23-15-8-16-24-52;1-25(2)37-21-31(15-13-27-5-9-29(23-41)10-6-27)33-18-20-36-38(26(3)4)22-32(34-17-19-35(37)39(33)40(34)36)16-14-28-7-11-30(24-42)12-8-28/h5-24,27-30,33-44H,1-4H3;5-12,17-22,25-26H,1-4H3. The number of rotatable bonds is 10.